The van der Waals surface area contributed by atoms with Crippen LogP contribution in [0.4, 0.5) is 0 Å². The van der Waals surface area contributed by atoms with Crippen molar-refractivity contribution in [3.63, 3.8) is 0 Å². The Labute approximate surface area is 175 Å². The number of hydrogen-bond acceptors (Lipinski definition) is 4. The van der Waals surface area contributed by atoms with E-state index in [4.69, 9.17) is 23.2 Å². The molecule has 2 aromatic carbocycles. The van der Waals surface area contributed by atoms with Crippen molar-refractivity contribution in [1.82, 2.24) is 4.72 Å². The first-order valence-corrected chi connectivity index (χ1v) is 11.1. The summed E-state index contributed by atoms with van der Waals surface area (Å²) in [5.74, 6) is 0. The summed E-state index contributed by atoms with van der Waals surface area (Å²) in [6.07, 6.45) is 2.25. The van der Waals surface area contributed by atoms with Gasteiger partial charge in [0, 0.05) is 27.2 Å². The fourth-order valence-corrected chi connectivity index (χ4v) is 5.22. The molecule has 0 radical (unpaired) electrons. The molecule has 5 nitrogen and oxygen atoms in total. The number of halogens is 2. The van der Waals surface area contributed by atoms with Gasteiger partial charge in [-0.25, -0.2) is 13.1 Å². The molecule has 1 saturated carbocycles. The molecule has 1 aliphatic rings. The van der Waals surface area contributed by atoms with Gasteiger partial charge in [-0.15, -0.1) is 0 Å². The topological polar surface area (TPSA) is 90.2 Å². The highest BCUT2D eigenvalue weighted by Gasteiger charge is 2.31. The van der Waals surface area contributed by atoms with Gasteiger partial charge < -0.3 is 5.11 Å². The first kappa shape index (κ1) is 21.1. The van der Waals surface area contributed by atoms with Crippen LogP contribution in [0.25, 0.3) is 11.1 Å². The summed E-state index contributed by atoms with van der Waals surface area (Å²) >= 11 is 12.3. The van der Waals surface area contributed by atoms with E-state index in [9.17, 15) is 18.8 Å². The number of nitriles is 1. The van der Waals surface area contributed by atoms with Crippen molar-refractivity contribution >= 4 is 33.2 Å². The Morgan fingerprint density at radius 2 is 1.79 bits per heavy atom. The molecule has 0 saturated heterocycles. The minimum Gasteiger partial charge on any atom is -0.390 e. The molecule has 2 aromatic rings. The Kier molecular flexibility index (Phi) is 6.04. The van der Waals surface area contributed by atoms with Crippen molar-refractivity contribution in [1.29, 1.82) is 5.26 Å². The molecular formula is C20H20Cl2N2O3S. The molecule has 2 N–H and O–H groups in total. The minimum atomic E-state index is -3.74. The summed E-state index contributed by atoms with van der Waals surface area (Å²) in [4.78, 5) is 0.0612. The molecule has 0 heterocycles. The highest BCUT2D eigenvalue weighted by molar-refractivity contribution is 7.89. The van der Waals surface area contributed by atoms with Crippen molar-refractivity contribution < 1.29 is 13.5 Å². The van der Waals surface area contributed by atoms with Gasteiger partial charge in [0.05, 0.1) is 22.1 Å². The molecule has 28 heavy (non-hydrogen) atoms. The van der Waals surface area contributed by atoms with Gasteiger partial charge >= 0.3 is 0 Å². The zero-order chi connectivity index (χ0) is 20.5. The van der Waals surface area contributed by atoms with Crippen LogP contribution >= 0.6 is 23.2 Å². The van der Waals surface area contributed by atoms with Crippen LogP contribution in [0.3, 0.4) is 0 Å². The van der Waals surface area contributed by atoms with E-state index in [1.54, 1.807) is 25.1 Å². The maximum atomic E-state index is 12.7. The first-order chi connectivity index (χ1) is 13.1. The Morgan fingerprint density at radius 1 is 1.14 bits per heavy atom. The van der Waals surface area contributed by atoms with Crippen LogP contribution in [-0.4, -0.2) is 25.2 Å². The maximum absolute atomic E-state index is 12.7. The van der Waals surface area contributed by atoms with E-state index in [1.807, 2.05) is 0 Å². The molecule has 0 aromatic heterocycles. The standard InChI is InChI=1S/C20H20Cl2N2O3S/c1-20(25)8-6-15(7-9-20)24-28(26,27)16-3-5-18(19(22)11-16)17-4-2-14(21)10-13(17)12-23/h2-5,10-11,15,24-25H,6-9H2,1H3/t15-,20+. The third-order valence-corrected chi connectivity index (χ3v) is 7.09. The minimum absolute atomic E-state index is 0.0612. The predicted molar refractivity (Wildman–Crippen MR) is 110 cm³/mol. The van der Waals surface area contributed by atoms with Gasteiger partial charge in [0.25, 0.3) is 0 Å². The number of benzene rings is 2. The molecule has 3 rings (SSSR count). The second-order valence-corrected chi connectivity index (χ2v) is 9.89. The zero-order valence-electron chi connectivity index (χ0n) is 15.2. The van der Waals surface area contributed by atoms with Crippen molar-refractivity contribution in [2.24, 2.45) is 0 Å². The molecule has 0 atom stereocenters. The Hall–Kier alpha value is -1.62. The smallest absolute Gasteiger partial charge is 0.240 e. The van der Waals surface area contributed by atoms with Gasteiger partial charge in [-0.1, -0.05) is 35.3 Å². The van der Waals surface area contributed by atoms with E-state index in [2.05, 4.69) is 10.8 Å². The van der Waals surface area contributed by atoms with E-state index >= 15 is 0 Å². The second kappa shape index (κ2) is 8.02. The SMILES string of the molecule is C[C@]1(O)CC[C@@H](NS(=O)(=O)c2ccc(-c3ccc(Cl)cc3C#N)c(Cl)c2)CC1. The van der Waals surface area contributed by atoms with Gasteiger partial charge in [0.1, 0.15) is 0 Å². The van der Waals surface area contributed by atoms with E-state index in [1.165, 1.54) is 18.2 Å². The molecule has 0 spiro atoms. The lowest BCUT2D eigenvalue weighted by atomic mass is 9.84. The summed E-state index contributed by atoms with van der Waals surface area (Å²) < 4.78 is 28.2. The summed E-state index contributed by atoms with van der Waals surface area (Å²) in [5.41, 5.74) is 0.771. The molecule has 0 aliphatic heterocycles. The Morgan fingerprint density at radius 3 is 2.39 bits per heavy atom. The van der Waals surface area contributed by atoms with Gasteiger partial charge in [0.15, 0.2) is 0 Å². The number of sulfonamides is 1. The second-order valence-electron chi connectivity index (χ2n) is 7.34. The third-order valence-electron chi connectivity index (χ3n) is 5.03. The summed E-state index contributed by atoms with van der Waals surface area (Å²) in [5, 5.41) is 20.0. The zero-order valence-corrected chi connectivity index (χ0v) is 17.6. The fraction of sp³-hybridized carbons (Fsp3) is 0.350. The third kappa shape index (κ3) is 4.68. The van der Waals surface area contributed by atoms with E-state index in [-0.39, 0.29) is 16.0 Å². The lowest BCUT2D eigenvalue weighted by Crippen LogP contribution is -2.42. The predicted octanol–water partition coefficient (Wildman–Crippen LogP) is 4.50. The van der Waals surface area contributed by atoms with Crippen LogP contribution in [0.5, 0.6) is 0 Å². The normalized spacial score (nSPS) is 22.6. The highest BCUT2D eigenvalue weighted by atomic mass is 35.5. The van der Waals surface area contributed by atoms with Crippen LogP contribution in [0.2, 0.25) is 10.0 Å². The molecule has 0 amide bonds. The van der Waals surface area contributed by atoms with E-state index < -0.39 is 15.6 Å². The largest absolute Gasteiger partial charge is 0.390 e. The van der Waals surface area contributed by atoms with Crippen LogP contribution < -0.4 is 4.72 Å². The van der Waals surface area contributed by atoms with Gasteiger partial charge in [-0.2, -0.15) is 5.26 Å². The lowest BCUT2D eigenvalue weighted by Gasteiger charge is -2.33. The molecule has 1 aliphatic carbocycles. The lowest BCUT2D eigenvalue weighted by molar-refractivity contribution is 0.0163. The number of nitrogens with zero attached hydrogens (tertiary/aromatic N) is 1. The average Bonchev–Trinajstić information content (AvgIpc) is 2.63. The van der Waals surface area contributed by atoms with Crippen molar-refractivity contribution in [2.75, 3.05) is 0 Å². The highest BCUT2D eigenvalue weighted by Crippen LogP contribution is 2.34. The number of aliphatic hydroxyl groups is 1. The van der Waals surface area contributed by atoms with E-state index in [0.29, 0.717) is 47.4 Å². The summed E-state index contributed by atoms with van der Waals surface area (Å²) in [6, 6.07) is 11.2. The average molecular weight is 439 g/mol. The van der Waals surface area contributed by atoms with Crippen LogP contribution in [0.1, 0.15) is 38.2 Å². The fourth-order valence-electron chi connectivity index (χ4n) is 3.37. The molecule has 0 bridgehead atoms. The van der Waals surface area contributed by atoms with Gasteiger partial charge in [-0.05, 0) is 56.9 Å². The monoisotopic (exact) mass is 438 g/mol. The Balaban J connectivity index is 1.85. The quantitative estimate of drug-likeness (QED) is 0.734. The Bertz CT molecular complexity index is 1040. The van der Waals surface area contributed by atoms with Crippen LogP contribution in [-0.2, 0) is 10.0 Å². The number of nitrogens with one attached hydrogen (secondary N) is 1. The van der Waals surface area contributed by atoms with Gasteiger partial charge in [-0.3, -0.25) is 0 Å². The van der Waals surface area contributed by atoms with Crippen LogP contribution in [0, 0.1) is 11.3 Å². The van der Waals surface area contributed by atoms with E-state index in [0.717, 1.165) is 0 Å². The van der Waals surface area contributed by atoms with Crippen molar-refractivity contribution in [2.45, 2.75) is 49.1 Å². The molecule has 148 valence electrons. The summed E-state index contributed by atoms with van der Waals surface area (Å²) in [7, 11) is -3.74. The first-order valence-electron chi connectivity index (χ1n) is 8.86. The maximum Gasteiger partial charge on any atom is 0.240 e. The number of hydrogen-bond donors (Lipinski definition) is 2. The van der Waals surface area contributed by atoms with Crippen LogP contribution in [0.15, 0.2) is 41.3 Å². The van der Waals surface area contributed by atoms with Crippen molar-refractivity contribution in [3.8, 4) is 17.2 Å². The molecule has 0 unspecified atom stereocenters. The van der Waals surface area contributed by atoms with Crippen molar-refractivity contribution in [3.05, 3.63) is 52.0 Å². The van der Waals surface area contributed by atoms with Gasteiger partial charge in [0.2, 0.25) is 10.0 Å². The summed E-state index contributed by atoms with van der Waals surface area (Å²) in [6.45, 7) is 1.77. The number of rotatable bonds is 4. The molecule has 8 heteroatoms. The molecular weight excluding hydrogens is 419 g/mol. The molecule has 1 fully saturated rings.